The van der Waals surface area contributed by atoms with Crippen molar-refractivity contribution in [1.29, 1.82) is 0 Å². The Kier molecular flexibility index (Phi) is 6.05. The molecule has 0 radical (unpaired) electrons. The standard InChI is InChI=1S/C18H18N2O4S2/c21-16-7-6-15(20(23)24)10-14(16)11-19-17(22)12-2-4-13(5-3-12)18-25-8-1-9-26-18/h2-7,10,18,21H,1,8-9,11H2,(H,19,22). The van der Waals surface area contributed by atoms with E-state index in [1.54, 1.807) is 12.1 Å². The van der Waals surface area contributed by atoms with Crippen LogP contribution in [-0.4, -0.2) is 27.4 Å². The summed E-state index contributed by atoms with van der Waals surface area (Å²) in [5.41, 5.74) is 1.90. The average Bonchev–Trinajstić information content (AvgIpc) is 2.67. The Morgan fingerprint density at radius 2 is 1.88 bits per heavy atom. The first kappa shape index (κ1) is 18.6. The van der Waals surface area contributed by atoms with Crippen molar-refractivity contribution in [3.8, 4) is 5.75 Å². The van der Waals surface area contributed by atoms with Gasteiger partial charge in [0.2, 0.25) is 0 Å². The molecule has 1 fully saturated rings. The molecular weight excluding hydrogens is 372 g/mol. The average molecular weight is 390 g/mol. The number of rotatable bonds is 5. The number of benzene rings is 2. The van der Waals surface area contributed by atoms with Crippen LogP contribution in [0.2, 0.25) is 0 Å². The Morgan fingerprint density at radius 3 is 2.54 bits per heavy atom. The number of phenols is 1. The highest BCUT2D eigenvalue weighted by atomic mass is 32.2. The molecule has 0 bridgehead atoms. The number of phenolic OH excluding ortho intramolecular Hbond substituents is 1. The molecule has 1 saturated heterocycles. The van der Waals surface area contributed by atoms with Gasteiger partial charge in [0.1, 0.15) is 5.75 Å². The number of nitro benzene ring substituents is 1. The van der Waals surface area contributed by atoms with Crippen molar-refractivity contribution in [3.05, 3.63) is 69.3 Å². The Morgan fingerprint density at radius 1 is 1.19 bits per heavy atom. The molecule has 1 heterocycles. The molecule has 0 atom stereocenters. The molecule has 0 aromatic heterocycles. The number of nitro groups is 1. The van der Waals surface area contributed by atoms with Crippen LogP contribution in [0.15, 0.2) is 42.5 Å². The molecular formula is C18H18N2O4S2. The summed E-state index contributed by atoms with van der Waals surface area (Å²) in [4.78, 5) is 22.6. The molecule has 0 saturated carbocycles. The van der Waals surface area contributed by atoms with Crippen molar-refractivity contribution >= 4 is 35.1 Å². The minimum atomic E-state index is -0.537. The second kappa shape index (κ2) is 8.46. The molecule has 6 nitrogen and oxygen atoms in total. The van der Waals surface area contributed by atoms with E-state index in [9.17, 15) is 20.0 Å². The quantitative estimate of drug-likeness (QED) is 0.590. The van der Waals surface area contributed by atoms with Crippen LogP contribution in [0.5, 0.6) is 5.75 Å². The van der Waals surface area contributed by atoms with Gasteiger partial charge in [-0.25, -0.2) is 0 Å². The largest absolute Gasteiger partial charge is 0.508 e. The summed E-state index contributed by atoms with van der Waals surface area (Å²) in [6, 6.07) is 11.2. The normalized spacial score (nSPS) is 14.8. The third kappa shape index (κ3) is 4.50. The van der Waals surface area contributed by atoms with Crippen LogP contribution >= 0.6 is 23.5 Å². The van der Waals surface area contributed by atoms with E-state index < -0.39 is 4.92 Å². The lowest BCUT2D eigenvalue weighted by atomic mass is 10.1. The number of thioether (sulfide) groups is 2. The summed E-state index contributed by atoms with van der Waals surface area (Å²) in [7, 11) is 0. The number of aromatic hydroxyl groups is 1. The van der Waals surface area contributed by atoms with E-state index in [4.69, 9.17) is 0 Å². The predicted molar refractivity (Wildman–Crippen MR) is 105 cm³/mol. The molecule has 3 rings (SSSR count). The van der Waals surface area contributed by atoms with Crippen molar-refractivity contribution in [3.63, 3.8) is 0 Å². The summed E-state index contributed by atoms with van der Waals surface area (Å²) >= 11 is 3.85. The van der Waals surface area contributed by atoms with Crippen molar-refractivity contribution < 1.29 is 14.8 Å². The molecule has 2 aromatic rings. The molecule has 1 aliphatic heterocycles. The first-order valence-electron chi connectivity index (χ1n) is 8.12. The Hall–Kier alpha value is -2.19. The van der Waals surface area contributed by atoms with Gasteiger partial charge in [0.25, 0.3) is 11.6 Å². The zero-order chi connectivity index (χ0) is 18.5. The van der Waals surface area contributed by atoms with E-state index >= 15 is 0 Å². The Labute approximate surface area is 159 Å². The molecule has 2 N–H and O–H groups in total. The molecule has 26 heavy (non-hydrogen) atoms. The first-order chi connectivity index (χ1) is 12.5. The number of non-ortho nitro benzene ring substituents is 1. The van der Waals surface area contributed by atoms with E-state index in [2.05, 4.69) is 5.32 Å². The number of amides is 1. The zero-order valence-corrected chi connectivity index (χ0v) is 15.5. The lowest BCUT2D eigenvalue weighted by Gasteiger charge is -2.21. The van der Waals surface area contributed by atoms with Crippen LogP contribution in [0.25, 0.3) is 0 Å². The smallest absolute Gasteiger partial charge is 0.270 e. The fraction of sp³-hybridized carbons (Fsp3) is 0.278. The van der Waals surface area contributed by atoms with Gasteiger partial charge in [-0.3, -0.25) is 14.9 Å². The van der Waals surface area contributed by atoms with Crippen molar-refractivity contribution in [2.75, 3.05) is 11.5 Å². The maximum Gasteiger partial charge on any atom is 0.270 e. The van der Waals surface area contributed by atoms with Crippen LogP contribution in [-0.2, 0) is 6.54 Å². The third-order valence-electron chi connectivity index (χ3n) is 3.99. The third-order valence-corrected chi connectivity index (χ3v) is 7.00. The van der Waals surface area contributed by atoms with Crippen LogP contribution in [0.4, 0.5) is 5.69 Å². The van der Waals surface area contributed by atoms with Gasteiger partial charge < -0.3 is 10.4 Å². The van der Waals surface area contributed by atoms with Crippen LogP contribution in [0.1, 0.15) is 32.5 Å². The summed E-state index contributed by atoms with van der Waals surface area (Å²) < 4.78 is 0.419. The van der Waals surface area contributed by atoms with Gasteiger partial charge in [-0.1, -0.05) is 12.1 Å². The van der Waals surface area contributed by atoms with Gasteiger partial charge in [0, 0.05) is 29.8 Å². The number of carbonyl (C=O) groups excluding carboxylic acids is 1. The van der Waals surface area contributed by atoms with Crippen molar-refractivity contribution in [2.45, 2.75) is 17.5 Å². The minimum absolute atomic E-state index is 0.0163. The van der Waals surface area contributed by atoms with Gasteiger partial charge in [0.15, 0.2) is 0 Å². The summed E-state index contributed by atoms with van der Waals surface area (Å²) in [5, 5.41) is 23.3. The number of carbonyl (C=O) groups is 1. The number of hydrogen-bond acceptors (Lipinski definition) is 6. The molecule has 8 heteroatoms. The van der Waals surface area contributed by atoms with E-state index in [0.717, 1.165) is 11.5 Å². The molecule has 1 amide bonds. The molecule has 136 valence electrons. The second-order valence-corrected chi connectivity index (χ2v) is 8.53. The monoisotopic (exact) mass is 390 g/mol. The van der Waals surface area contributed by atoms with Crippen molar-refractivity contribution in [1.82, 2.24) is 5.32 Å². The van der Waals surface area contributed by atoms with Gasteiger partial charge in [0.05, 0.1) is 9.51 Å². The molecule has 0 unspecified atom stereocenters. The summed E-state index contributed by atoms with van der Waals surface area (Å²) in [6.45, 7) is 0.0163. The Bertz CT molecular complexity index is 805. The van der Waals surface area contributed by atoms with Crippen LogP contribution in [0, 0.1) is 10.1 Å². The van der Waals surface area contributed by atoms with Gasteiger partial charge in [-0.05, 0) is 41.7 Å². The molecule has 0 aliphatic carbocycles. The fourth-order valence-electron chi connectivity index (χ4n) is 2.58. The van der Waals surface area contributed by atoms with E-state index in [0.29, 0.717) is 15.7 Å². The number of hydrogen-bond donors (Lipinski definition) is 2. The van der Waals surface area contributed by atoms with Gasteiger partial charge in [-0.2, -0.15) is 0 Å². The number of nitrogens with zero attached hydrogens (tertiary/aromatic N) is 1. The summed E-state index contributed by atoms with van der Waals surface area (Å²) in [6.07, 6.45) is 1.23. The van der Waals surface area contributed by atoms with Crippen LogP contribution in [0.3, 0.4) is 0 Å². The van der Waals surface area contributed by atoms with Crippen molar-refractivity contribution in [2.24, 2.45) is 0 Å². The van der Waals surface area contributed by atoms with Gasteiger partial charge in [-0.15, -0.1) is 23.5 Å². The van der Waals surface area contributed by atoms with E-state index in [1.807, 2.05) is 35.7 Å². The zero-order valence-electron chi connectivity index (χ0n) is 13.9. The SMILES string of the molecule is O=C(NCc1cc([N+](=O)[O-])ccc1O)c1ccc(C2SCCCS2)cc1. The molecule has 0 spiro atoms. The van der Waals surface area contributed by atoms with Gasteiger partial charge >= 0.3 is 0 Å². The highest BCUT2D eigenvalue weighted by Crippen LogP contribution is 2.43. The predicted octanol–water partition coefficient (Wildman–Crippen LogP) is 4.10. The molecule has 2 aromatic carbocycles. The highest BCUT2D eigenvalue weighted by molar-refractivity contribution is 8.16. The minimum Gasteiger partial charge on any atom is -0.508 e. The number of nitrogens with one attached hydrogen (secondary N) is 1. The van der Waals surface area contributed by atoms with E-state index in [1.165, 1.54) is 30.2 Å². The second-order valence-electron chi connectivity index (χ2n) is 5.80. The maximum absolute atomic E-state index is 12.3. The van der Waals surface area contributed by atoms with E-state index in [-0.39, 0.29) is 23.9 Å². The summed E-state index contributed by atoms with van der Waals surface area (Å²) in [5.74, 6) is 1.95. The first-order valence-corrected chi connectivity index (χ1v) is 10.2. The lowest BCUT2D eigenvalue weighted by molar-refractivity contribution is -0.384. The lowest BCUT2D eigenvalue weighted by Crippen LogP contribution is -2.22. The molecule has 1 aliphatic rings. The Balaban J connectivity index is 1.63. The maximum atomic E-state index is 12.3. The fourth-order valence-corrected chi connectivity index (χ4v) is 5.47. The highest BCUT2D eigenvalue weighted by Gasteiger charge is 2.17. The van der Waals surface area contributed by atoms with Crippen LogP contribution < -0.4 is 5.32 Å². The topological polar surface area (TPSA) is 92.5 Å².